The van der Waals surface area contributed by atoms with Gasteiger partial charge in [0, 0.05) is 6.42 Å². The van der Waals surface area contributed by atoms with E-state index in [2.05, 4.69) is 9.89 Å². The number of rotatable bonds is 9. The Labute approximate surface area is 136 Å². The highest BCUT2D eigenvalue weighted by Gasteiger charge is 2.15. The molecule has 0 N–H and O–H groups in total. The van der Waals surface area contributed by atoms with Crippen molar-refractivity contribution in [2.45, 2.75) is 58.5 Å². The van der Waals surface area contributed by atoms with Crippen LogP contribution in [0.2, 0.25) is 0 Å². The Bertz CT molecular complexity index is 503. The Morgan fingerprint density at radius 3 is 2.52 bits per heavy atom. The van der Waals surface area contributed by atoms with Crippen LogP contribution < -0.4 is 4.74 Å². The van der Waals surface area contributed by atoms with Gasteiger partial charge in [-0.3, -0.25) is 4.79 Å². The second kappa shape index (κ2) is 9.17. The van der Waals surface area contributed by atoms with Crippen LogP contribution in [-0.4, -0.2) is 36.4 Å². The molecular formula is C16H25NO6. The normalized spacial score (nSPS) is 11.1. The molecule has 0 spiro atoms. The Balaban J connectivity index is 2.06. The van der Waals surface area contributed by atoms with Gasteiger partial charge in [-0.15, -0.1) is 0 Å². The minimum atomic E-state index is -0.588. The van der Waals surface area contributed by atoms with Crippen molar-refractivity contribution >= 4 is 11.9 Å². The van der Waals surface area contributed by atoms with Crippen LogP contribution in [0.1, 0.15) is 63.4 Å². The number of hydrogen-bond donors (Lipinski definition) is 0. The number of esters is 2. The zero-order valence-electron chi connectivity index (χ0n) is 14.2. The number of unbranched alkanes of at least 4 members (excludes halogenated alkanes) is 3. The van der Waals surface area contributed by atoms with Crippen molar-refractivity contribution in [3.8, 4) is 5.88 Å². The fourth-order valence-corrected chi connectivity index (χ4v) is 1.82. The summed E-state index contributed by atoms with van der Waals surface area (Å²) >= 11 is 0. The number of aromatic nitrogens is 1. The lowest BCUT2D eigenvalue weighted by molar-refractivity contribution is -0.154. The first kappa shape index (κ1) is 19.0. The van der Waals surface area contributed by atoms with Gasteiger partial charge in [0.2, 0.25) is 5.76 Å². The molecule has 23 heavy (non-hydrogen) atoms. The van der Waals surface area contributed by atoms with Crippen molar-refractivity contribution < 1.29 is 28.3 Å². The molecule has 0 saturated heterocycles. The zero-order valence-corrected chi connectivity index (χ0v) is 14.2. The molecule has 0 bridgehead atoms. The Morgan fingerprint density at radius 1 is 1.17 bits per heavy atom. The Kier molecular flexibility index (Phi) is 7.57. The minimum absolute atomic E-state index is 0.0138. The van der Waals surface area contributed by atoms with Crippen LogP contribution in [0.15, 0.2) is 10.6 Å². The van der Waals surface area contributed by atoms with E-state index < -0.39 is 11.6 Å². The molecule has 0 aliphatic rings. The highest BCUT2D eigenvalue weighted by molar-refractivity contribution is 5.86. The molecule has 0 aromatic carbocycles. The quantitative estimate of drug-likeness (QED) is 0.508. The molecule has 7 nitrogen and oxygen atoms in total. The van der Waals surface area contributed by atoms with Crippen LogP contribution in [0.5, 0.6) is 5.88 Å². The zero-order chi connectivity index (χ0) is 17.3. The number of hydrogen-bond acceptors (Lipinski definition) is 7. The number of carbonyl (C=O) groups excluding carboxylic acids is 2. The van der Waals surface area contributed by atoms with Crippen LogP contribution in [0.25, 0.3) is 0 Å². The summed E-state index contributed by atoms with van der Waals surface area (Å²) in [6.07, 6.45) is 3.92. The summed E-state index contributed by atoms with van der Waals surface area (Å²) in [5.41, 5.74) is -0.425. The van der Waals surface area contributed by atoms with E-state index in [-0.39, 0.29) is 17.6 Å². The third kappa shape index (κ3) is 8.23. The molecule has 0 unspecified atom stereocenters. The minimum Gasteiger partial charge on any atom is -0.475 e. The first-order valence-corrected chi connectivity index (χ1v) is 7.71. The van der Waals surface area contributed by atoms with Gasteiger partial charge in [-0.1, -0.05) is 12.8 Å². The maximum Gasteiger partial charge on any atom is 0.377 e. The Hall–Kier alpha value is -2.05. The van der Waals surface area contributed by atoms with Crippen molar-refractivity contribution in [3.63, 3.8) is 0 Å². The summed E-state index contributed by atoms with van der Waals surface area (Å²) in [6.45, 7) is 6.05. The summed E-state index contributed by atoms with van der Waals surface area (Å²) in [7, 11) is 1.27. The maximum atomic E-state index is 11.5. The number of carbonyl (C=O) groups is 2. The highest BCUT2D eigenvalue weighted by Crippen LogP contribution is 2.14. The third-order valence-electron chi connectivity index (χ3n) is 2.82. The fourth-order valence-electron chi connectivity index (χ4n) is 1.82. The average Bonchev–Trinajstić information content (AvgIpc) is 2.92. The van der Waals surface area contributed by atoms with Gasteiger partial charge in [-0.05, 0) is 38.8 Å². The van der Waals surface area contributed by atoms with Crippen LogP contribution in [0, 0.1) is 0 Å². The molecule has 1 heterocycles. The van der Waals surface area contributed by atoms with E-state index in [0.29, 0.717) is 13.0 Å². The second-order valence-electron chi connectivity index (χ2n) is 6.12. The Morgan fingerprint density at radius 2 is 1.87 bits per heavy atom. The van der Waals surface area contributed by atoms with Crippen molar-refractivity contribution in [3.05, 3.63) is 11.8 Å². The van der Waals surface area contributed by atoms with E-state index in [9.17, 15) is 9.59 Å². The molecular weight excluding hydrogens is 302 g/mol. The van der Waals surface area contributed by atoms with Gasteiger partial charge < -0.3 is 18.7 Å². The largest absolute Gasteiger partial charge is 0.475 e. The standard InChI is InChI=1S/C16H25NO6/c1-16(2,3)22-14(18)9-7-5-6-8-10-21-13-11-12(23-17-13)15(19)20-4/h11H,5-10H2,1-4H3. The maximum absolute atomic E-state index is 11.5. The van der Waals surface area contributed by atoms with E-state index >= 15 is 0 Å². The molecule has 0 radical (unpaired) electrons. The lowest BCUT2D eigenvalue weighted by Crippen LogP contribution is -2.23. The molecule has 7 heteroatoms. The van der Waals surface area contributed by atoms with Crippen LogP contribution in [0.4, 0.5) is 0 Å². The van der Waals surface area contributed by atoms with Gasteiger partial charge >= 0.3 is 11.9 Å². The molecule has 0 atom stereocenters. The molecule has 1 aromatic rings. The predicted octanol–water partition coefficient (Wildman–Crippen LogP) is 3.13. The molecule has 0 amide bonds. The predicted molar refractivity (Wildman–Crippen MR) is 82.3 cm³/mol. The van der Waals surface area contributed by atoms with Crippen molar-refractivity contribution in [1.29, 1.82) is 0 Å². The number of ether oxygens (including phenoxy) is 3. The lowest BCUT2D eigenvalue weighted by Gasteiger charge is -2.19. The smallest absolute Gasteiger partial charge is 0.377 e. The molecule has 1 rings (SSSR count). The van der Waals surface area contributed by atoms with Gasteiger partial charge in [0.15, 0.2) is 0 Å². The topological polar surface area (TPSA) is 87.9 Å². The summed E-state index contributed by atoms with van der Waals surface area (Å²) in [6, 6.07) is 1.40. The monoisotopic (exact) mass is 327 g/mol. The van der Waals surface area contributed by atoms with E-state index in [4.69, 9.17) is 14.0 Å². The fraction of sp³-hybridized carbons (Fsp3) is 0.688. The molecule has 0 aliphatic heterocycles. The van der Waals surface area contributed by atoms with E-state index in [1.807, 2.05) is 20.8 Å². The lowest BCUT2D eigenvalue weighted by atomic mass is 10.1. The first-order valence-electron chi connectivity index (χ1n) is 7.71. The van der Waals surface area contributed by atoms with Crippen molar-refractivity contribution in [2.75, 3.05) is 13.7 Å². The summed E-state index contributed by atoms with van der Waals surface area (Å²) < 4.78 is 19.9. The van der Waals surface area contributed by atoms with Gasteiger partial charge in [-0.25, -0.2) is 4.79 Å². The van der Waals surface area contributed by atoms with Crippen LogP contribution in [-0.2, 0) is 14.3 Å². The van der Waals surface area contributed by atoms with Crippen molar-refractivity contribution in [1.82, 2.24) is 5.16 Å². The average molecular weight is 327 g/mol. The van der Waals surface area contributed by atoms with Gasteiger partial charge in [0.05, 0.1) is 19.8 Å². The van der Waals surface area contributed by atoms with E-state index in [1.165, 1.54) is 13.2 Å². The summed E-state index contributed by atoms with van der Waals surface area (Å²) in [5.74, 6) is -0.472. The van der Waals surface area contributed by atoms with Crippen LogP contribution in [0.3, 0.4) is 0 Å². The number of methoxy groups -OCH3 is 1. The van der Waals surface area contributed by atoms with Gasteiger partial charge in [0.1, 0.15) is 5.60 Å². The summed E-state index contributed by atoms with van der Waals surface area (Å²) in [5, 5.41) is 3.62. The number of nitrogens with zero attached hydrogens (tertiary/aromatic N) is 1. The molecule has 1 aromatic heterocycles. The second-order valence-corrected chi connectivity index (χ2v) is 6.12. The van der Waals surface area contributed by atoms with Crippen molar-refractivity contribution in [2.24, 2.45) is 0 Å². The summed E-state index contributed by atoms with van der Waals surface area (Å²) in [4.78, 5) is 22.7. The third-order valence-corrected chi connectivity index (χ3v) is 2.82. The molecule has 0 saturated carbocycles. The molecule has 0 aliphatic carbocycles. The molecule has 130 valence electrons. The van der Waals surface area contributed by atoms with Gasteiger partial charge in [-0.2, -0.15) is 0 Å². The van der Waals surface area contributed by atoms with E-state index in [0.717, 1.165) is 25.7 Å². The van der Waals surface area contributed by atoms with Crippen LogP contribution >= 0.6 is 0 Å². The molecule has 0 fully saturated rings. The SMILES string of the molecule is COC(=O)c1cc(OCCCCCCC(=O)OC(C)(C)C)no1. The van der Waals surface area contributed by atoms with E-state index in [1.54, 1.807) is 0 Å². The van der Waals surface area contributed by atoms with Gasteiger partial charge in [0.25, 0.3) is 5.88 Å². The first-order chi connectivity index (χ1) is 10.8. The highest BCUT2D eigenvalue weighted by atomic mass is 16.6.